The van der Waals surface area contributed by atoms with Crippen LogP contribution in [0.5, 0.6) is 0 Å². The molecule has 300 valence electrons. The predicted molar refractivity (Wildman–Crippen MR) is 232 cm³/mol. The van der Waals surface area contributed by atoms with E-state index in [1.165, 1.54) is 0 Å². The minimum atomic E-state index is 0.528. The van der Waals surface area contributed by atoms with E-state index in [1.807, 2.05) is 0 Å². The van der Waals surface area contributed by atoms with Crippen LogP contribution in [0.25, 0.3) is 21.5 Å². The molecule has 5 rings (SSSR count). The molecular formula is C48H57N3O6. The first-order valence-electron chi connectivity index (χ1n) is 19.8. The van der Waals surface area contributed by atoms with Crippen LogP contribution in [0.15, 0.2) is 97.1 Å². The number of likely N-dealkylation sites (N-methyl/N-ethyl adjacent to an activating group) is 1. The number of benzene rings is 5. The van der Waals surface area contributed by atoms with Gasteiger partial charge in [0.2, 0.25) is 0 Å². The lowest BCUT2D eigenvalue weighted by atomic mass is 9.92. The largest absolute Gasteiger partial charge is 0.382 e. The SMILES string of the molecule is CCN(CCN)c1ccc(C#Cc2c3ccccc3c(C#Cc3ccc(N(CCOCCOCCOC)CCOCCOCCOC)cc3)c3ccccc23)cc1. The predicted octanol–water partition coefficient (Wildman–Crippen LogP) is 6.74. The molecule has 0 heterocycles. The second-order valence-corrected chi connectivity index (χ2v) is 13.2. The number of fused-ring (bicyclic) bond motifs is 2. The van der Waals surface area contributed by atoms with Gasteiger partial charge in [-0.1, -0.05) is 72.2 Å². The van der Waals surface area contributed by atoms with Crippen LogP contribution < -0.4 is 15.5 Å². The molecule has 0 aliphatic heterocycles. The quantitative estimate of drug-likeness (QED) is 0.0441. The van der Waals surface area contributed by atoms with Crippen molar-refractivity contribution in [3.63, 3.8) is 0 Å². The minimum Gasteiger partial charge on any atom is -0.382 e. The molecule has 0 radical (unpaired) electrons. The topological polar surface area (TPSA) is 87.9 Å². The summed E-state index contributed by atoms with van der Waals surface area (Å²) < 4.78 is 32.9. The summed E-state index contributed by atoms with van der Waals surface area (Å²) in [5, 5.41) is 4.34. The fourth-order valence-corrected chi connectivity index (χ4v) is 6.45. The molecule has 0 aliphatic rings. The van der Waals surface area contributed by atoms with E-state index in [2.05, 4.69) is 137 Å². The van der Waals surface area contributed by atoms with Gasteiger partial charge in [0.05, 0.1) is 66.1 Å². The monoisotopic (exact) mass is 771 g/mol. The third-order valence-corrected chi connectivity index (χ3v) is 9.46. The first kappa shape index (κ1) is 43.2. The van der Waals surface area contributed by atoms with E-state index in [1.54, 1.807) is 14.2 Å². The van der Waals surface area contributed by atoms with E-state index in [0.717, 1.165) is 68.3 Å². The van der Waals surface area contributed by atoms with E-state index in [0.29, 0.717) is 85.7 Å². The number of hydrogen-bond donors (Lipinski definition) is 1. The van der Waals surface area contributed by atoms with Crippen molar-refractivity contribution >= 4 is 32.9 Å². The van der Waals surface area contributed by atoms with Gasteiger partial charge in [-0.15, -0.1) is 0 Å². The Balaban J connectivity index is 1.33. The molecule has 0 saturated heterocycles. The van der Waals surface area contributed by atoms with Gasteiger partial charge in [-0.2, -0.15) is 0 Å². The zero-order valence-corrected chi connectivity index (χ0v) is 33.8. The molecular weight excluding hydrogens is 715 g/mol. The molecule has 0 unspecified atom stereocenters. The van der Waals surface area contributed by atoms with Gasteiger partial charge in [0, 0.05) is 80.6 Å². The smallest absolute Gasteiger partial charge is 0.0701 e. The van der Waals surface area contributed by atoms with Crippen LogP contribution in [0.3, 0.4) is 0 Å². The van der Waals surface area contributed by atoms with Gasteiger partial charge in [0.25, 0.3) is 0 Å². The molecule has 0 spiro atoms. The van der Waals surface area contributed by atoms with E-state index in [4.69, 9.17) is 34.2 Å². The summed E-state index contributed by atoms with van der Waals surface area (Å²) in [6.07, 6.45) is 0. The molecule has 0 atom stereocenters. The van der Waals surface area contributed by atoms with Crippen molar-refractivity contribution in [3.8, 4) is 23.7 Å². The highest BCUT2D eigenvalue weighted by molar-refractivity contribution is 6.09. The minimum absolute atomic E-state index is 0.528. The highest BCUT2D eigenvalue weighted by atomic mass is 16.5. The van der Waals surface area contributed by atoms with Crippen LogP contribution in [-0.4, -0.2) is 113 Å². The third kappa shape index (κ3) is 13.3. The summed E-state index contributed by atoms with van der Waals surface area (Å²) in [4.78, 5) is 4.54. The Labute approximate surface area is 338 Å². The van der Waals surface area contributed by atoms with Crippen LogP contribution in [-0.2, 0) is 28.4 Å². The molecule has 5 aromatic carbocycles. The van der Waals surface area contributed by atoms with Gasteiger partial charge >= 0.3 is 0 Å². The number of methoxy groups -OCH3 is 2. The number of ether oxygens (including phenoxy) is 6. The van der Waals surface area contributed by atoms with Crippen LogP contribution in [0.1, 0.15) is 29.2 Å². The molecule has 0 saturated carbocycles. The van der Waals surface area contributed by atoms with Crippen LogP contribution in [0.4, 0.5) is 11.4 Å². The van der Waals surface area contributed by atoms with E-state index in [9.17, 15) is 0 Å². The highest BCUT2D eigenvalue weighted by Crippen LogP contribution is 2.32. The van der Waals surface area contributed by atoms with Crippen molar-refractivity contribution in [2.24, 2.45) is 5.73 Å². The summed E-state index contributed by atoms with van der Waals surface area (Å²) in [7, 11) is 3.33. The Morgan fingerprint density at radius 2 is 0.807 bits per heavy atom. The summed E-state index contributed by atoms with van der Waals surface area (Å²) in [5.74, 6) is 14.0. The maximum absolute atomic E-state index is 5.88. The Kier molecular flexibility index (Phi) is 18.7. The average Bonchev–Trinajstić information content (AvgIpc) is 3.25. The molecule has 9 heteroatoms. The van der Waals surface area contributed by atoms with Crippen LogP contribution in [0.2, 0.25) is 0 Å². The average molecular weight is 772 g/mol. The summed E-state index contributed by atoms with van der Waals surface area (Å²) in [6, 6.07) is 33.7. The molecule has 57 heavy (non-hydrogen) atoms. The third-order valence-electron chi connectivity index (χ3n) is 9.46. The Morgan fingerprint density at radius 1 is 0.439 bits per heavy atom. The van der Waals surface area contributed by atoms with Crippen molar-refractivity contribution in [1.82, 2.24) is 0 Å². The Bertz CT molecular complexity index is 1990. The second-order valence-electron chi connectivity index (χ2n) is 13.2. The lowest BCUT2D eigenvalue weighted by molar-refractivity contribution is 0.0235. The van der Waals surface area contributed by atoms with E-state index >= 15 is 0 Å². The number of nitrogens with two attached hydrogens (primary N) is 1. The molecule has 0 aromatic heterocycles. The van der Waals surface area contributed by atoms with Crippen molar-refractivity contribution in [2.75, 3.05) is 123 Å². The normalized spacial score (nSPS) is 10.9. The molecule has 0 amide bonds. The fourth-order valence-electron chi connectivity index (χ4n) is 6.45. The lowest BCUT2D eigenvalue weighted by Crippen LogP contribution is -2.31. The van der Waals surface area contributed by atoms with Gasteiger partial charge in [-0.25, -0.2) is 0 Å². The zero-order valence-electron chi connectivity index (χ0n) is 33.8. The van der Waals surface area contributed by atoms with Crippen molar-refractivity contribution in [1.29, 1.82) is 0 Å². The van der Waals surface area contributed by atoms with Crippen molar-refractivity contribution < 1.29 is 28.4 Å². The van der Waals surface area contributed by atoms with Crippen molar-refractivity contribution in [3.05, 3.63) is 119 Å². The summed E-state index contributed by atoms with van der Waals surface area (Å²) in [6.45, 7) is 11.4. The van der Waals surface area contributed by atoms with E-state index < -0.39 is 0 Å². The molecule has 2 N–H and O–H groups in total. The van der Waals surface area contributed by atoms with Gasteiger partial charge in [0.1, 0.15) is 0 Å². The van der Waals surface area contributed by atoms with Crippen molar-refractivity contribution in [2.45, 2.75) is 6.92 Å². The number of hydrogen-bond acceptors (Lipinski definition) is 9. The number of nitrogens with zero attached hydrogens (tertiary/aromatic N) is 2. The number of rotatable bonds is 23. The zero-order chi connectivity index (χ0) is 39.9. The maximum atomic E-state index is 5.88. The first-order valence-corrected chi connectivity index (χ1v) is 19.8. The van der Waals surface area contributed by atoms with E-state index in [-0.39, 0.29) is 0 Å². The molecule has 0 bridgehead atoms. The van der Waals surface area contributed by atoms with Gasteiger partial charge in [0.15, 0.2) is 0 Å². The van der Waals surface area contributed by atoms with Crippen LogP contribution >= 0.6 is 0 Å². The highest BCUT2D eigenvalue weighted by Gasteiger charge is 2.12. The lowest BCUT2D eigenvalue weighted by Gasteiger charge is -2.25. The maximum Gasteiger partial charge on any atom is 0.0701 e. The van der Waals surface area contributed by atoms with Gasteiger partial charge in [-0.3, -0.25) is 0 Å². The summed E-state index contributed by atoms with van der Waals surface area (Å²) >= 11 is 0. The molecule has 5 aromatic rings. The molecule has 9 nitrogen and oxygen atoms in total. The van der Waals surface area contributed by atoms with Crippen LogP contribution in [0, 0.1) is 23.7 Å². The van der Waals surface area contributed by atoms with Gasteiger partial charge in [-0.05, 0) is 77.0 Å². The first-order chi connectivity index (χ1) is 28.2. The Morgan fingerprint density at radius 3 is 1.18 bits per heavy atom. The second kappa shape index (κ2) is 24.6. The van der Waals surface area contributed by atoms with Gasteiger partial charge < -0.3 is 44.0 Å². The molecule has 0 aliphatic carbocycles. The summed E-state index contributed by atoms with van der Waals surface area (Å²) in [5.41, 5.74) is 11.9. The Hall–Kier alpha value is -4.94. The standard InChI is InChI=1S/C48H57N3O6/c1-4-50(26-25-49)41-19-13-39(14-20-41)17-23-47-43-9-5-7-11-45(43)48(46-12-8-6-10-44(46)47)24-18-40-15-21-42(22-16-40)51(27-29-54-35-37-56-33-31-52-2)28-30-55-36-38-57-34-32-53-3/h5-16,19-22H,4,25-38,49H2,1-3H3. The number of anilines is 2. The molecule has 0 fully saturated rings. The fraction of sp³-hybridized carbons (Fsp3) is 0.375.